The van der Waals surface area contributed by atoms with E-state index in [9.17, 15) is 4.79 Å². The Hall–Kier alpha value is -1.26. The molecule has 0 saturated heterocycles. The van der Waals surface area contributed by atoms with Crippen molar-refractivity contribution in [2.45, 2.75) is 26.8 Å². The van der Waals surface area contributed by atoms with Gasteiger partial charge in [0.05, 0.1) is 10.5 Å². The number of fused-ring (bicyclic) bond motifs is 1. The van der Waals surface area contributed by atoms with E-state index < -0.39 is 0 Å². The maximum Gasteiger partial charge on any atom is 0.240 e. The molecule has 0 saturated carbocycles. The summed E-state index contributed by atoms with van der Waals surface area (Å²) in [5, 5.41) is 3.50. The molecule has 0 radical (unpaired) electrons. The average molecular weight is 328 g/mol. The zero-order valence-electron chi connectivity index (χ0n) is 12.2. The highest BCUT2D eigenvalue weighted by molar-refractivity contribution is 6.34. The number of halogens is 2. The summed E-state index contributed by atoms with van der Waals surface area (Å²) in [7, 11) is 0. The third-order valence-electron chi connectivity index (χ3n) is 3.14. The van der Waals surface area contributed by atoms with Gasteiger partial charge in [-0.05, 0) is 18.1 Å². The number of hydrogen-bond donors (Lipinski definition) is 1. The molecule has 0 unspecified atom stereocenters. The van der Waals surface area contributed by atoms with Crippen molar-refractivity contribution < 1.29 is 4.79 Å². The number of alkyl halides is 1. The number of amides is 1. The second-order valence-corrected chi connectivity index (χ2v) is 6.14. The van der Waals surface area contributed by atoms with Crippen molar-refractivity contribution in [3.8, 4) is 0 Å². The second-order valence-electron chi connectivity index (χ2n) is 5.36. The number of aromatic nitrogens is 2. The Labute approximate surface area is 134 Å². The molecule has 4 nitrogen and oxygen atoms in total. The molecule has 6 heteroatoms. The van der Waals surface area contributed by atoms with Crippen molar-refractivity contribution in [1.82, 2.24) is 14.9 Å². The smallest absolute Gasteiger partial charge is 0.240 e. The average Bonchev–Trinajstić information content (AvgIpc) is 2.77. The molecule has 1 heterocycles. The maximum absolute atomic E-state index is 12.1. The van der Waals surface area contributed by atoms with E-state index in [1.54, 1.807) is 6.07 Å². The second kappa shape index (κ2) is 7.14. The van der Waals surface area contributed by atoms with Crippen LogP contribution in [0.5, 0.6) is 0 Å². The van der Waals surface area contributed by atoms with E-state index >= 15 is 0 Å². The van der Waals surface area contributed by atoms with Gasteiger partial charge in [0.25, 0.3) is 0 Å². The predicted molar refractivity (Wildman–Crippen MR) is 87.0 cm³/mol. The van der Waals surface area contributed by atoms with E-state index in [0.717, 1.165) is 16.9 Å². The lowest BCUT2D eigenvalue weighted by molar-refractivity contribution is -0.121. The molecular formula is C15H19Cl2N3O. The van der Waals surface area contributed by atoms with Gasteiger partial charge in [0, 0.05) is 18.8 Å². The summed E-state index contributed by atoms with van der Waals surface area (Å²) in [5.41, 5.74) is 1.58. The molecule has 2 rings (SSSR count). The van der Waals surface area contributed by atoms with Gasteiger partial charge in [-0.3, -0.25) is 4.79 Å². The lowest BCUT2D eigenvalue weighted by Gasteiger charge is -2.11. The van der Waals surface area contributed by atoms with Gasteiger partial charge >= 0.3 is 0 Å². The van der Waals surface area contributed by atoms with Gasteiger partial charge in [-0.25, -0.2) is 4.98 Å². The van der Waals surface area contributed by atoms with Crippen molar-refractivity contribution in [1.29, 1.82) is 0 Å². The number of aryl methyl sites for hydroxylation is 1. The zero-order chi connectivity index (χ0) is 15.4. The van der Waals surface area contributed by atoms with Gasteiger partial charge in [-0.15, -0.1) is 11.6 Å². The van der Waals surface area contributed by atoms with Crippen molar-refractivity contribution in [3.63, 3.8) is 0 Å². The first-order valence-corrected chi connectivity index (χ1v) is 7.90. The van der Waals surface area contributed by atoms with Crippen molar-refractivity contribution >= 4 is 40.1 Å². The van der Waals surface area contributed by atoms with Gasteiger partial charge in [0.1, 0.15) is 17.9 Å². The Morgan fingerprint density at radius 2 is 2.19 bits per heavy atom. The van der Waals surface area contributed by atoms with Crippen LogP contribution in [0.2, 0.25) is 5.02 Å². The van der Waals surface area contributed by atoms with Crippen LogP contribution in [0.15, 0.2) is 18.2 Å². The molecule has 114 valence electrons. The van der Waals surface area contributed by atoms with E-state index in [1.165, 1.54) is 0 Å². The van der Waals surface area contributed by atoms with Gasteiger partial charge in [0.15, 0.2) is 0 Å². The van der Waals surface area contributed by atoms with Gasteiger partial charge in [0.2, 0.25) is 5.91 Å². The van der Waals surface area contributed by atoms with Crippen LogP contribution in [0.4, 0.5) is 0 Å². The molecule has 0 bridgehead atoms. The van der Waals surface area contributed by atoms with Crippen LogP contribution < -0.4 is 5.32 Å². The summed E-state index contributed by atoms with van der Waals surface area (Å²) in [5.74, 6) is 1.63. The van der Waals surface area contributed by atoms with Crippen molar-refractivity contribution in [2.24, 2.45) is 5.92 Å². The molecule has 0 aliphatic heterocycles. The van der Waals surface area contributed by atoms with Crippen molar-refractivity contribution in [3.05, 3.63) is 29.0 Å². The molecule has 2 aromatic rings. The highest BCUT2D eigenvalue weighted by Gasteiger charge is 2.15. The van der Waals surface area contributed by atoms with Crippen LogP contribution in [0.25, 0.3) is 11.0 Å². The van der Waals surface area contributed by atoms with Crippen LogP contribution in [0.3, 0.4) is 0 Å². The quantitative estimate of drug-likeness (QED) is 0.828. The fraction of sp³-hybridized carbons (Fsp3) is 0.467. The standard InChI is InChI=1S/C15H19Cl2N3O/c1-10(2)8-18-14(21)9-20-12-5-3-4-11(17)15(12)19-13(20)6-7-16/h3-5,10H,6-9H2,1-2H3,(H,18,21). The van der Waals surface area contributed by atoms with Crippen LogP contribution in [-0.2, 0) is 17.8 Å². The molecule has 0 spiro atoms. The number of nitrogens with one attached hydrogen (secondary N) is 1. The van der Waals surface area contributed by atoms with Crippen molar-refractivity contribution in [2.75, 3.05) is 12.4 Å². The molecular weight excluding hydrogens is 309 g/mol. The van der Waals surface area contributed by atoms with E-state index in [1.807, 2.05) is 16.7 Å². The number of para-hydroxylation sites is 1. The minimum Gasteiger partial charge on any atom is -0.354 e. The number of hydrogen-bond acceptors (Lipinski definition) is 2. The number of carbonyl (C=O) groups excluding carboxylic acids is 1. The highest BCUT2D eigenvalue weighted by Crippen LogP contribution is 2.24. The number of rotatable bonds is 6. The summed E-state index contributed by atoms with van der Waals surface area (Å²) >= 11 is 12.0. The topological polar surface area (TPSA) is 46.9 Å². The Morgan fingerprint density at radius 1 is 1.43 bits per heavy atom. The number of imidazole rings is 1. The molecule has 1 amide bonds. The van der Waals surface area contributed by atoms with E-state index in [0.29, 0.717) is 29.8 Å². The minimum absolute atomic E-state index is 0.0289. The van der Waals surface area contributed by atoms with Gasteiger partial charge < -0.3 is 9.88 Å². The largest absolute Gasteiger partial charge is 0.354 e. The molecule has 0 aliphatic carbocycles. The van der Waals surface area contributed by atoms with Gasteiger partial charge in [-0.2, -0.15) is 0 Å². The minimum atomic E-state index is -0.0289. The van der Waals surface area contributed by atoms with E-state index in [-0.39, 0.29) is 12.5 Å². The number of benzene rings is 1. The summed E-state index contributed by atoms with van der Waals surface area (Å²) in [6, 6.07) is 5.57. The molecule has 1 aromatic carbocycles. The normalized spacial score (nSPS) is 11.3. The fourth-order valence-corrected chi connectivity index (χ4v) is 2.51. The monoisotopic (exact) mass is 327 g/mol. The SMILES string of the molecule is CC(C)CNC(=O)Cn1c(CCCl)nc2c(Cl)cccc21. The summed E-state index contributed by atoms with van der Waals surface area (Å²) in [6.45, 7) is 5.02. The Bertz CT molecular complexity index is 637. The Morgan fingerprint density at radius 3 is 2.86 bits per heavy atom. The highest BCUT2D eigenvalue weighted by atomic mass is 35.5. The lowest BCUT2D eigenvalue weighted by atomic mass is 10.2. The van der Waals surface area contributed by atoms with Crippen LogP contribution in [0, 0.1) is 5.92 Å². The first kappa shape index (κ1) is 16.1. The van der Waals surface area contributed by atoms with E-state index in [4.69, 9.17) is 23.2 Å². The third kappa shape index (κ3) is 3.89. The molecule has 1 N–H and O–H groups in total. The summed E-state index contributed by atoms with van der Waals surface area (Å²) < 4.78 is 1.89. The summed E-state index contributed by atoms with van der Waals surface area (Å²) in [4.78, 5) is 16.6. The van der Waals surface area contributed by atoms with Crippen LogP contribution in [-0.4, -0.2) is 27.9 Å². The number of carbonyl (C=O) groups is 1. The van der Waals surface area contributed by atoms with Crippen LogP contribution in [0.1, 0.15) is 19.7 Å². The Balaban J connectivity index is 2.30. The summed E-state index contributed by atoms with van der Waals surface area (Å²) in [6.07, 6.45) is 0.601. The molecule has 1 aromatic heterocycles. The number of nitrogens with zero attached hydrogens (tertiary/aromatic N) is 2. The van der Waals surface area contributed by atoms with Crippen LogP contribution >= 0.6 is 23.2 Å². The molecule has 21 heavy (non-hydrogen) atoms. The lowest BCUT2D eigenvalue weighted by Crippen LogP contribution is -2.31. The molecule has 0 fully saturated rings. The zero-order valence-corrected chi connectivity index (χ0v) is 13.7. The Kier molecular flexibility index (Phi) is 5.48. The van der Waals surface area contributed by atoms with E-state index in [2.05, 4.69) is 24.1 Å². The molecule has 0 atom stereocenters. The first-order valence-electron chi connectivity index (χ1n) is 6.99. The van der Waals surface area contributed by atoms with Gasteiger partial charge in [-0.1, -0.05) is 31.5 Å². The fourth-order valence-electron chi connectivity index (χ4n) is 2.13. The third-order valence-corrected chi connectivity index (χ3v) is 3.63. The maximum atomic E-state index is 12.1. The molecule has 0 aliphatic rings. The predicted octanol–water partition coefficient (Wildman–Crippen LogP) is 3.24. The first-order chi connectivity index (χ1) is 10.0.